The maximum Gasteiger partial charge on any atom is 0.318 e. The lowest BCUT2D eigenvalue weighted by molar-refractivity contribution is -0.148. The third-order valence-electron chi connectivity index (χ3n) is 3.14. The van der Waals surface area contributed by atoms with E-state index in [9.17, 15) is 9.59 Å². The van der Waals surface area contributed by atoms with Crippen LogP contribution in [0.1, 0.15) is 30.0 Å². The SMILES string of the molecule is CCC(C(=O)Nc1c(C)cc(C)cc1C)C(=O)OC. The van der Waals surface area contributed by atoms with Gasteiger partial charge in [-0.3, -0.25) is 9.59 Å². The van der Waals surface area contributed by atoms with E-state index in [0.717, 1.165) is 22.4 Å². The van der Waals surface area contributed by atoms with Crippen LogP contribution in [0.25, 0.3) is 0 Å². The van der Waals surface area contributed by atoms with Gasteiger partial charge in [-0.15, -0.1) is 0 Å². The molecule has 19 heavy (non-hydrogen) atoms. The van der Waals surface area contributed by atoms with Crippen LogP contribution in [-0.4, -0.2) is 19.0 Å². The first-order valence-corrected chi connectivity index (χ1v) is 6.37. The Kier molecular flexibility index (Phi) is 5.10. The molecular formula is C15H21NO3. The van der Waals surface area contributed by atoms with Crippen LogP contribution >= 0.6 is 0 Å². The van der Waals surface area contributed by atoms with Gasteiger partial charge in [-0.1, -0.05) is 24.6 Å². The highest BCUT2D eigenvalue weighted by atomic mass is 16.5. The molecule has 1 amide bonds. The summed E-state index contributed by atoms with van der Waals surface area (Å²) in [4.78, 5) is 23.6. The summed E-state index contributed by atoms with van der Waals surface area (Å²) in [6, 6.07) is 4.00. The highest BCUT2D eigenvalue weighted by Crippen LogP contribution is 2.23. The summed E-state index contributed by atoms with van der Waals surface area (Å²) in [5.41, 5.74) is 3.90. The van der Waals surface area contributed by atoms with E-state index < -0.39 is 11.9 Å². The number of methoxy groups -OCH3 is 1. The van der Waals surface area contributed by atoms with E-state index >= 15 is 0 Å². The van der Waals surface area contributed by atoms with Crippen LogP contribution < -0.4 is 5.32 Å². The average molecular weight is 263 g/mol. The summed E-state index contributed by atoms with van der Waals surface area (Å²) in [6.07, 6.45) is 0.419. The number of aryl methyl sites for hydroxylation is 3. The number of ether oxygens (including phenoxy) is 1. The minimum atomic E-state index is -0.759. The highest BCUT2D eigenvalue weighted by Gasteiger charge is 2.26. The number of rotatable bonds is 4. The Morgan fingerprint density at radius 3 is 2.16 bits per heavy atom. The van der Waals surface area contributed by atoms with Crippen molar-refractivity contribution in [3.05, 3.63) is 28.8 Å². The van der Waals surface area contributed by atoms with Gasteiger partial charge in [0.25, 0.3) is 0 Å². The molecule has 0 aliphatic carbocycles. The van der Waals surface area contributed by atoms with Crippen LogP contribution in [0.2, 0.25) is 0 Å². The lowest BCUT2D eigenvalue weighted by atomic mass is 10.0. The number of carbonyl (C=O) groups excluding carboxylic acids is 2. The number of nitrogens with one attached hydrogen (secondary N) is 1. The molecule has 1 atom stereocenters. The Morgan fingerprint density at radius 1 is 1.21 bits per heavy atom. The second kappa shape index (κ2) is 6.36. The molecule has 0 fully saturated rings. The summed E-state index contributed by atoms with van der Waals surface area (Å²) in [6.45, 7) is 7.67. The minimum absolute atomic E-state index is 0.315. The number of amides is 1. The second-order valence-electron chi connectivity index (χ2n) is 4.75. The number of hydrogen-bond donors (Lipinski definition) is 1. The molecular weight excluding hydrogens is 242 g/mol. The van der Waals surface area contributed by atoms with E-state index in [4.69, 9.17) is 0 Å². The number of benzene rings is 1. The normalized spacial score (nSPS) is 11.8. The largest absolute Gasteiger partial charge is 0.468 e. The smallest absolute Gasteiger partial charge is 0.318 e. The number of esters is 1. The third kappa shape index (κ3) is 3.56. The van der Waals surface area contributed by atoms with Crippen molar-refractivity contribution >= 4 is 17.6 Å². The average Bonchev–Trinajstić information content (AvgIpc) is 2.34. The van der Waals surface area contributed by atoms with Crippen LogP contribution in [0, 0.1) is 26.7 Å². The van der Waals surface area contributed by atoms with Crippen molar-refractivity contribution in [2.45, 2.75) is 34.1 Å². The van der Waals surface area contributed by atoms with Gasteiger partial charge in [-0.2, -0.15) is 0 Å². The standard InChI is InChI=1S/C15H21NO3/c1-6-12(15(18)19-5)14(17)16-13-10(3)7-9(2)8-11(13)4/h7-8,12H,6H2,1-5H3,(H,16,17). The van der Waals surface area contributed by atoms with Gasteiger partial charge in [-0.25, -0.2) is 0 Å². The number of anilines is 1. The predicted octanol–water partition coefficient (Wildman–Crippen LogP) is 2.75. The second-order valence-corrected chi connectivity index (χ2v) is 4.75. The van der Waals surface area contributed by atoms with Gasteiger partial charge in [-0.05, 0) is 38.3 Å². The van der Waals surface area contributed by atoms with Crippen LogP contribution in [0.15, 0.2) is 12.1 Å². The molecule has 0 saturated heterocycles. The molecule has 0 saturated carbocycles. The van der Waals surface area contributed by atoms with Crippen molar-refractivity contribution in [3.63, 3.8) is 0 Å². The molecule has 0 spiro atoms. The molecule has 0 heterocycles. The first kappa shape index (κ1) is 15.2. The Bertz CT molecular complexity index is 471. The van der Waals surface area contributed by atoms with Crippen molar-refractivity contribution in [1.82, 2.24) is 0 Å². The molecule has 1 N–H and O–H groups in total. The van der Waals surface area contributed by atoms with Crippen molar-refractivity contribution in [3.8, 4) is 0 Å². The lowest BCUT2D eigenvalue weighted by Crippen LogP contribution is -2.30. The van der Waals surface area contributed by atoms with E-state index in [0.29, 0.717) is 6.42 Å². The van der Waals surface area contributed by atoms with E-state index in [1.807, 2.05) is 32.9 Å². The van der Waals surface area contributed by atoms with Crippen LogP contribution in [0.5, 0.6) is 0 Å². The first-order chi connectivity index (χ1) is 8.90. The molecule has 1 unspecified atom stereocenters. The summed E-state index contributed by atoms with van der Waals surface area (Å²) in [5, 5.41) is 2.83. The highest BCUT2D eigenvalue weighted by molar-refractivity contribution is 6.05. The van der Waals surface area contributed by atoms with Gasteiger partial charge < -0.3 is 10.1 Å². The summed E-state index contributed by atoms with van der Waals surface area (Å²) in [7, 11) is 1.29. The van der Waals surface area contributed by atoms with Crippen molar-refractivity contribution in [1.29, 1.82) is 0 Å². The maximum atomic E-state index is 12.1. The molecule has 0 bridgehead atoms. The van der Waals surface area contributed by atoms with Gasteiger partial charge in [0, 0.05) is 5.69 Å². The molecule has 104 valence electrons. The maximum absolute atomic E-state index is 12.1. The third-order valence-corrected chi connectivity index (χ3v) is 3.14. The molecule has 0 aromatic heterocycles. The van der Waals surface area contributed by atoms with Gasteiger partial charge >= 0.3 is 5.97 Å². The van der Waals surface area contributed by atoms with Gasteiger partial charge in [0.1, 0.15) is 5.92 Å². The van der Waals surface area contributed by atoms with Gasteiger partial charge in [0.15, 0.2) is 0 Å². The van der Waals surface area contributed by atoms with Crippen LogP contribution in [0.4, 0.5) is 5.69 Å². The quantitative estimate of drug-likeness (QED) is 0.671. The molecule has 0 aliphatic rings. The molecule has 0 aliphatic heterocycles. The van der Waals surface area contributed by atoms with Crippen molar-refractivity contribution in [2.24, 2.45) is 5.92 Å². The number of carbonyl (C=O) groups is 2. The fourth-order valence-corrected chi connectivity index (χ4v) is 2.19. The molecule has 1 aromatic rings. The molecule has 1 aromatic carbocycles. The van der Waals surface area contributed by atoms with Crippen molar-refractivity contribution in [2.75, 3.05) is 12.4 Å². The van der Waals surface area contributed by atoms with Crippen LogP contribution in [0.3, 0.4) is 0 Å². The molecule has 0 radical (unpaired) electrons. The summed E-state index contributed by atoms with van der Waals surface area (Å²) < 4.78 is 4.64. The van der Waals surface area contributed by atoms with E-state index in [1.165, 1.54) is 7.11 Å². The first-order valence-electron chi connectivity index (χ1n) is 6.37. The minimum Gasteiger partial charge on any atom is -0.468 e. The molecule has 1 rings (SSSR count). The predicted molar refractivity (Wildman–Crippen MR) is 75.1 cm³/mol. The van der Waals surface area contributed by atoms with E-state index in [-0.39, 0.29) is 5.91 Å². The molecule has 4 nitrogen and oxygen atoms in total. The Morgan fingerprint density at radius 2 is 1.74 bits per heavy atom. The number of hydrogen-bond acceptors (Lipinski definition) is 3. The van der Waals surface area contributed by atoms with E-state index in [1.54, 1.807) is 6.92 Å². The fraction of sp³-hybridized carbons (Fsp3) is 0.467. The zero-order valence-corrected chi connectivity index (χ0v) is 12.2. The topological polar surface area (TPSA) is 55.4 Å². The summed E-state index contributed by atoms with van der Waals surface area (Å²) >= 11 is 0. The zero-order chi connectivity index (χ0) is 14.6. The fourth-order valence-electron chi connectivity index (χ4n) is 2.19. The Balaban J connectivity index is 2.96. The summed E-state index contributed by atoms with van der Waals surface area (Å²) in [5.74, 6) is -1.57. The Hall–Kier alpha value is -1.84. The Labute approximate surface area is 114 Å². The van der Waals surface area contributed by atoms with Crippen molar-refractivity contribution < 1.29 is 14.3 Å². The van der Waals surface area contributed by atoms with Crippen LogP contribution in [-0.2, 0) is 14.3 Å². The lowest BCUT2D eigenvalue weighted by Gasteiger charge is -2.16. The molecule has 4 heteroatoms. The van der Waals surface area contributed by atoms with Gasteiger partial charge in [0.2, 0.25) is 5.91 Å². The zero-order valence-electron chi connectivity index (χ0n) is 12.2. The monoisotopic (exact) mass is 263 g/mol. The van der Waals surface area contributed by atoms with E-state index in [2.05, 4.69) is 10.1 Å². The van der Waals surface area contributed by atoms with Gasteiger partial charge in [0.05, 0.1) is 7.11 Å².